The van der Waals surface area contributed by atoms with Gasteiger partial charge in [-0.25, -0.2) is 8.78 Å². The Bertz CT molecular complexity index is 831. The van der Waals surface area contributed by atoms with Crippen molar-refractivity contribution < 1.29 is 27.0 Å². The second kappa shape index (κ2) is 9.82. The summed E-state index contributed by atoms with van der Waals surface area (Å²) in [5.41, 5.74) is 0.572. The molecule has 0 aliphatic heterocycles. The SMILES string of the molecule is CN=C(NCc1c(F)cccc1OC(F)F)NC(C)c1ccc(OC)c(F)c1. The number of nitrogens with one attached hydrogen (secondary N) is 2. The third-order valence-electron chi connectivity index (χ3n) is 3.98. The van der Waals surface area contributed by atoms with Gasteiger partial charge in [-0.2, -0.15) is 8.78 Å². The number of hydrogen-bond donors (Lipinski definition) is 2. The smallest absolute Gasteiger partial charge is 0.387 e. The Hall–Kier alpha value is -2.97. The van der Waals surface area contributed by atoms with Gasteiger partial charge in [-0.3, -0.25) is 4.99 Å². The van der Waals surface area contributed by atoms with Crippen molar-refractivity contribution in [1.29, 1.82) is 0 Å². The maximum absolute atomic E-state index is 14.0. The molecule has 0 amide bonds. The van der Waals surface area contributed by atoms with Gasteiger partial charge in [-0.05, 0) is 36.8 Å². The fourth-order valence-electron chi connectivity index (χ4n) is 2.52. The molecule has 152 valence electrons. The van der Waals surface area contributed by atoms with Crippen molar-refractivity contribution in [3.63, 3.8) is 0 Å². The van der Waals surface area contributed by atoms with E-state index in [-0.39, 0.29) is 35.6 Å². The molecule has 1 unspecified atom stereocenters. The lowest BCUT2D eigenvalue weighted by Crippen LogP contribution is -2.38. The first-order chi connectivity index (χ1) is 13.3. The molecule has 0 fully saturated rings. The highest BCUT2D eigenvalue weighted by molar-refractivity contribution is 5.80. The molecular weight excluding hydrogens is 378 g/mol. The zero-order valence-electron chi connectivity index (χ0n) is 15.6. The maximum atomic E-state index is 14.0. The molecule has 9 heteroatoms. The summed E-state index contributed by atoms with van der Waals surface area (Å²) in [7, 11) is 2.87. The summed E-state index contributed by atoms with van der Waals surface area (Å²) in [5.74, 6) is -1.05. The Kier molecular flexibility index (Phi) is 7.48. The van der Waals surface area contributed by atoms with E-state index >= 15 is 0 Å². The van der Waals surface area contributed by atoms with Crippen molar-refractivity contribution >= 4 is 5.96 Å². The molecule has 2 aromatic carbocycles. The second-order valence-corrected chi connectivity index (χ2v) is 5.78. The van der Waals surface area contributed by atoms with E-state index in [1.807, 2.05) is 0 Å². The quantitative estimate of drug-likeness (QED) is 0.420. The first-order valence-corrected chi connectivity index (χ1v) is 8.38. The highest BCUT2D eigenvalue weighted by atomic mass is 19.3. The molecule has 2 aromatic rings. The van der Waals surface area contributed by atoms with E-state index in [0.29, 0.717) is 5.56 Å². The third kappa shape index (κ3) is 5.51. The van der Waals surface area contributed by atoms with Crippen LogP contribution in [-0.2, 0) is 6.54 Å². The molecule has 0 spiro atoms. The van der Waals surface area contributed by atoms with Crippen LogP contribution in [0.15, 0.2) is 41.4 Å². The number of methoxy groups -OCH3 is 1. The lowest BCUT2D eigenvalue weighted by molar-refractivity contribution is -0.0506. The van der Waals surface area contributed by atoms with Crippen LogP contribution in [-0.4, -0.2) is 26.7 Å². The Morgan fingerprint density at radius 2 is 1.86 bits per heavy atom. The lowest BCUT2D eigenvalue weighted by atomic mass is 10.1. The first kappa shape index (κ1) is 21.3. The summed E-state index contributed by atoms with van der Waals surface area (Å²) in [6.45, 7) is -1.43. The minimum absolute atomic E-state index is 0.0612. The predicted octanol–water partition coefficient (Wildman–Crippen LogP) is 4.00. The van der Waals surface area contributed by atoms with Crippen molar-refractivity contribution in [3.05, 3.63) is 59.2 Å². The van der Waals surface area contributed by atoms with E-state index < -0.39 is 18.2 Å². The Labute approximate surface area is 160 Å². The zero-order valence-corrected chi connectivity index (χ0v) is 15.6. The van der Waals surface area contributed by atoms with Crippen LogP contribution >= 0.6 is 0 Å². The van der Waals surface area contributed by atoms with Gasteiger partial charge in [0.1, 0.15) is 11.6 Å². The van der Waals surface area contributed by atoms with Gasteiger partial charge < -0.3 is 20.1 Å². The topological polar surface area (TPSA) is 54.9 Å². The average molecular weight is 399 g/mol. The number of ether oxygens (including phenoxy) is 2. The first-order valence-electron chi connectivity index (χ1n) is 8.38. The van der Waals surface area contributed by atoms with Gasteiger partial charge in [-0.1, -0.05) is 12.1 Å². The van der Waals surface area contributed by atoms with Crippen molar-refractivity contribution in [3.8, 4) is 11.5 Å². The van der Waals surface area contributed by atoms with Crippen molar-refractivity contribution in [2.75, 3.05) is 14.2 Å². The number of aliphatic imine (C=N–C) groups is 1. The van der Waals surface area contributed by atoms with Crippen LogP contribution in [0, 0.1) is 11.6 Å². The van der Waals surface area contributed by atoms with Gasteiger partial charge in [0.2, 0.25) is 0 Å². The molecule has 2 rings (SSSR count). The minimum atomic E-state index is -3.07. The monoisotopic (exact) mass is 399 g/mol. The maximum Gasteiger partial charge on any atom is 0.387 e. The fourth-order valence-corrected chi connectivity index (χ4v) is 2.52. The molecule has 2 N–H and O–H groups in total. The molecule has 0 aliphatic carbocycles. The molecule has 28 heavy (non-hydrogen) atoms. The van der Waals surface area contributed by atoms with Crippen LogP contribution in [0.2, 0.25) is 0 Å². The number of alkyl halides is 2. The van der Waals surface area contributed by atoms with Gasteiger partial charge in [0.15, 0.2) is 17.5 Å². The van der Waals surface area contributed by atoms with Crippen LogP contribution < -0.4 is 20.1 Å². The number of nitrogens with zero attached hydrogens (tertiary/aromatic N) is 1. The fraction of sp³-hybridized carbons (Fsp3) is 0.316. The lowest BCUT2D eigenvalue weighted by Gasteiger charge is -2.19. The molecule has 0 saturated carbocycles. The van der Waals surface area contributed by atoms with E-state index in [4.69, 9.17) is 4.74 Å². The molecule has 0 radical (unpaired) electrons. The zero-order chi connectivity index (χ0) is 20.7. The Balaban J connectivity index is 2.07. The molecule has 0 saturated heterocycles. The Morgan fingerprint density at radius 1 is 1.11 bits per heavy atom. The van der Waals surface area contributed by atoms with Gasteiger partial charge in [-0.15, -0.1) is 0 Å². The van der Waals surface area contributed by atoms with Crippen LogP contribution in [0.5, 0.6) is 11.5 Å². The summed E-state index contributed by atoms with van der Waals surface area (Å²) in [6.07, 6.45) is 0. The summed E-state index contributed by atoms with van der Waals surface area (Å²) in [5, 5.41) is 5.85. The van der Waals surface area contributed by atoms with Crippen molar-refractivity contribution in [2.45, 2.75) is 26.1 Å². The van der Waals surface area contributed by atoms with Crippen LogP contribution in [0.1, 0.15) is 24.1 Å². The number of hydrogen-bond acceptors (Lipinski definition) is 3. The van der Waals surface area contributed by atoms with Crippen LogP contribution in [0.25, 0.3) is 0 Å². The third-order valence-corrected chi connectivity index (χ3v) is 3.98. The number of benzene rings is 2. The molecular formula is C19H21F4N3O2. The average Bonchev–Trinajstić information content (AvgIpc) is 2.65. The molecule has 0 aromatic heterocycles. The summed E-state index contributed by atoms with van der Waals surface area (Å²) >= 11 is 0. The summed E-state index contributed by atoms with van der Waals surface area (Å²) < 4.78 is 62.1. The number of rotatable bonds is 7. The van der Waals surface area contributed by atoms with Gasteiger partial charge in [0.05, 0.1) is 13.2 Å². The van der Waals surface area contributed by atoms with E-state index in [0.717, 1.165) is 6.07 Å². The molecule has 0 aliphatic rings. The molecule has 0 heterocycles. The van der Waals surface area contributed by atoms with Crippen molar-refractivity contribution in [2.24, 2.45) is 4.99 Å². The van der Waals surface area contributed by atoms with Gasteiger partial charge in [0, 0.05) is 19.2 Å². The summed E-state index contributed by atoms with van der Waals surface area (Å²) in [6, 6.07) is 7.87. The largest absolute Gasteiger partial charge is 0.494 e. The normalized spacial score (nSPS) is 12.6. The van der Waals surface area contributed by atoms with E-state index in [9.17, 15) is 17.6 Å². The van der Waals surface area contributed by atoms with Crippen LogP contribution in [0.3, 0.4) is 0 Å². The predicted molar refractivity (Wildman–Crippen MR) is 97.7 cm³/mol. The number of halogens is 4. The molecule has 0 bridgehead atoms. The Morgan fingerprint density at radius 3 is 2.46 bits per heavy atom. The minimum Gasteiger partial charge on any atom is -0.494 e. The van der Waals surface area contributed by atoms with E-state index in [1.165, 1.54) is 38.4 Å². The molecule has 5 nitrogen and oxygen atoms in total. The van der Waals surface area contributed by atoms with Crippen LogP contribution in [0.4, 0.5) is 17.6 Å². The standard InChI is InChI=1S/C19H21F4N3O2/c1-11(12-7-8-17(27-3)15(21)9-12)26-19(24-2)25-10-13-14(20)5-4-6-16(13)28-18(22)23/h4-9,11,18H,10H2,1-3H3,(H2,24,25,26). The summed E-state index contributed by atoms with van der Waals surface area (Å²) in [4.78, 5) is 4.01. The van der Waals surface area contributed by atoms with Crippen molar-refractivity contribution in [1.82, 2.24) is 10.6 Å². The van der Waals surface area contributed by atoms with Gasteiger partial charge >= 0.3 is 6.61 Å². The molecule has 1 atom stereocenters. The highest BCUT2D eigenvalue weighted by Crippen LogP contribution is 2.24. The number of guanidine groups is 1. The second-order valence-electron chi connectivity index (χ2n) is 5.78. The van der Waals surface area contributed by atoms with E-state index in [2.05, 4.69) is 20.4 Å². The highest BCUT2D eigenvalue weighted by Gasteiger charge is 2.15. The van der Waals surface area contributed by atoms with Gasteiger partial charge in [0.25, 0.3) is 0 Å². The van der Waals surface area contributed by atoms with E-state index in [1.54, 1.807) is 13.0 Å².